The molecule has 0 saturated heterocycles. The standard InChI is InChI=1S/C26H37N3O5S/c1-6-24(26(31)27-18-20(2)3)28(17-16-21-10-8-7-9-11-21)25(30)19-29(35(5,32)33)22-12-14-23(34-4)15-13-22/h7-15,20,24H,6,16-19H2,1-5H3,(H,27,31). The Hall–Kier alpha value is -3.07. The Morgan fingerprint density at radius 2 is 1.66 bits per heavy atom. The molecule has 35 heavy (non-hydrogen) atoms. The third-order valence-electron chi connectivity index (χ3n) is 5.59. The zero-order valence-corrected chi connectivity index (χ0v) is 22.0. The minimum Gasteiger partial charge on any atom is -0.497 e. The van der Waals surface area contributed by atoms with Crippen LogP contribution in [-0.4, -0.2) is 64.2 Å². The van der Waals surface area contributed by atoms with Crippen LogP contribution in [0.2, 0.25) is 0 Å². The number of amides is 2. The van der Waals surface area contributed by atoms with Crippen molar-refractivity contribution in [2.45, 2.75) is 39.7 Å². The second-order valence-electron chi connectivity index (χ2n) is 8.85. The summed E-state index contributed by atoms with van der Waals surface area (Å²) in [5.74, 6) is 0.165. The molecule has 0 spiro atoms. The maximum absolute atomic E-state index is 13.6. The van der Waals surface area contributed by atoms with Gasteiger partial charge < -0.3 is 15.0 Å². The van der Waals surface area contributed by atoms with Gasteiger partial charge in [-0.05, 0) is 48.6 Å². The van der Waals surface area contributed by atoms with Crippen molar-refractivity contribution in [2.24, 2.45) is 5.92 Å². The molecular weight excluding hydrogens is 466 g/mol. The number of benzene rings is 2. The van der Waals surface area contributed by atoms with Crippen LogP contribution >= 0.6 is 0 Å². The van der Waals surface area contributed by atoms with E-state index in [0.717, 1.165) is 16.1 Å². The number of nitrogens with one attached hydrogen (secondary N) is 1. The van der Waals surface area contributed by atoms with Gasteiger partial charge in [-0.15, -0.1) is 0 Å². The fraction of sp³-hybridized carbons (Fsp3) is 0.462. The second-order valence-corrected chi connectivity index (χ2v) is 10.8. The third-order valence-corrected chi connectivity index (χ3v) is 6.73. The maximum Gasteiger partial charge on any atom is 0.244 e. The summed E-state index contributed by atoms with van der Waals surface area (Å²) >= 11 is 0. The summed E-state index contributed by atoms with van der Waals surface area (Å²) in [7, 11) is -2.24. The first-order valence-corrected chi connectivity index (χ1v) is 13.6. The van der Waals surface area contributed by atoms with Crippen LogP contribution in [0.15, 0.2) is 54.6 Å². The van der Waals surface area contributed by atoms with E-state index in [4.69, 9.17) is 4.74 Å². The first-order valence-electron chi connectivity index (χ1n) is 11.8. The lowest BCUT2D eigenvalue weighted by Crippen LogP contribution is -2.53. The number of carbonyl (C=O) groups is 2. The number of ether oxygens (including phenoxy) is 1. The number of rotatable bonds is 13. The van der Waals surface area contributed by atoms with Crippen LogP contribution in [0, 0.1) is 5.92 Å². The van der Waals surface area contributed by atoms with Crippen LogP contribution in [-0.2, 0) is 26.0 Å². The summed E-state index contributed by atoms with van der Waals surface area (Å²) in [6.45, 7) is 6.22. The van der Waals surface area contributed by atoms with Crippen LogP contribution in [0.1, 0.15) is 32.8 Å². The molecule has 192 valence electrons. The van der Waals surface area contributed by atoms with E-state index >= 15 is 0 Å². The molecule has 1 N–H and O–H groups in total. The van der Waals surface area contributed by atoms with E-state index in [0.29, 0.717) is 30.8 Å². The molecule has 0 fully saturated rings. The van der Waals surface area contributed by atoms with Crippen LogP contribution < -0.4 is 14.4 Å². The highest BCUT2D eigenvalue weighted by molar-refractivity contribution is 7.92. The van der Waals surface area contributed by atoms with Gasteiger partial charge in [-0.3, -0.25) is 13.9 Å². The van der Waals surface area contributed by atoms with E-state index in [1.165, 1.54) is 12.0 Å². The van der Waals surface area contributed by atoms with E-state index in [1.54, 1.807) is 24.3 Å². The predicted octanol–water partition coefficient (Wildman–Crippen LogP) is 3.08. The van der Waals surface area contributed by atoms with E-state index in [1.807, 2.05) is 51.1 Å². The average Bonchev–Trinajstić information content (AvgIpc) is 2.83. The molecule has 9 heteroatoms. The molecule has 2 rings (SSSR count). The number of methoxy groups -OCH3 is 1. The van der Waals surface area contributed by atoms with Crippen molar-refractivity contribution in [2.75, 3.05) is 37.3 Å². The van der Waals surface area contributed by atoms with Gasteiger partial charge in [0.15, 0.2) is 0 Å². The van der Waals surface area contributed by atoms with Crippen molar-refractivity contribution in [3.8, 4) is 5.75 Å². The molecule has 0 aromatic heterocycles. The molecule has 0 heterocycles. The maximum atomic E-state index is 13.6. The highest BCUT2D eigenvalue weighted by atomic mass is 32.2. The molecule has 2 aromatic carbocycles. The average molecular weight is 504 g/mol. The summed E-state index contributed by atoms with van der Waals surface area (Å²) in [5, 5.41) is 2.92. The van der Waals surface area contributed by atoms with Gasteiger partial charge in [-0.2, -0.15) is 0 Å². The van der Waals surface area contributed by atoms with Gasteiger partial charge in [0.1, 0.15) is 18.3 Å². The normalized spacial score (nSPS) is 12.2. The number of nitrogens with zero attached hydrogens (tertiary/aromatic N) is 2. The number of anilines is 1. The summed E-state index contributed by atoms with van der Waals surface area (Å²) in [6.07, 6.45) is 2.01. The SMILES string of the molecule is CCC(C(=O)NCC(C)C)N(CCc1ccccc1)C(=O)CN(c1ccc(OC)cc1)S(C)(=O)=O. The van der Waals surface area contributed by atoms with E-state index in [9.17, 15) is 18.0 Å². The van der Waals surface area contributed by atoms with Crippen molar-refractivity contribution in [1.29, 1.82) is 0 Å². The Bertz CT molecular complexity index is 1060. The Balaban J connectivity index is 2.33. The number of carbonyl (C=O) groups excluding carboxylic acids is 2. The lowest BCUT2D eigenvalue weighted by molar-refractivity contribution is -0.139. The van der Waals surface area contributed by atoms with Crippen molar-refractivity contribution in [1.82, 2.24) is 10.2 Å². The Morgan fingerprint density at radius 3 is 2.17 bits per heavy atom. The first-order chi connectivity index (χ1) is 16.6. The van der Waals surface area contributed by atoms with E-state index in [-0.39, 0.29) is 18.4 Å². The van der Waals surface area contributed by atoms with Crippen molar-refractivity contribution in [3.05, 3.63) is 60.2 Å². The highest BCUT2D eigenvalue weighted by Crippen LogP contribution is 2.22. The van der Waals surface area contributed by atoms with Crippen molar-refractivity contribution in [3.63, 3.8) is 0 Å². The first kappa shape index (κ1) is 28.2. The Morgan fingerprint density at radius 1 is 1.03 bits per heavy atom. The monoisotopic (exact) mass is 503 g/mol. The topological polar surface area (TPSA) is 96.0 Å². The molecule has 0 aliphatic heterocycles. The van der Waals surface area contributed by atoms with Crippen molar-refractivity contribution < 1.29 is 22.7 Å². The zero-order chi connectivity index (χ0) is 26.0. The van der Waals surface area contributed by atoms with Gasteiger partial charge in [0.25, 0.3) is 0 Å². The highest BCUT2D eigenvalue weighted by Gasteiger charge is 2.31. The molecular formula is C26H37N3O5S. The Kier molecular flexibility index (Phi) is 10.6. The lowest BCUT2D eigenvalue weighted by Gasteiger charge is -2.33. The van der Waals surface area contributed by atoms with Gasteiger partial charge in [-0.25, -0.2) is 8.42 Å². The molecule has 1 atom stereocenters. The minimum absolute atomic E-state index is 0.238. The van der Waals surface area contributed by atoms with Gasteiger partial charge in [0, 0.05) is 13.1 Å². The summed E-state index contributed by atoms with van der Waals surface area (Å²) < 4.78 is 31.4. The fourth-order valence-electron chi connectivity index (χ4n) is 3.68. The lowest BCUT2D eigenvalue weighted by atomic mass is 10.1. The molecule has 0 bridgehead atoms. The molecule has 0 radical (unpaired) electrons. The van der Waals surface area contributed by atoms with Crippen LogP contribution in [0.3, 0.4) is 0 Å². The molecule has 2 amide bonds. The third kappa shape index (κ3) is 8.58. The Labute approximate surface area is 209 Å². The molecule has 0 aliphatic carbocycles. The minimum atomic E-state index is -3.76. The van der Waals surface area contributed by atoms with Crippen LogP contribution in [0.4, 0.5) is 5.69 Å². The summed E-state index contributed by atoms with van der Waals surface area (Å²) in [6, 6.07) is 15.4. The predicted molar refractivity (Wildman–Crippen MR) is 139 cm³/mol. The largest absolute Gasteiger partial charge is 0.497 e. The number of hydrogen-bond donors (Lipinski definition) is 1. The number of hydrogen-bond acceptors (Lipinski definition) is 5. The van der Waals surface area contributed by atoms with E-state index in [2.05, 4.69) is 5.32 Å². The van der Waals surface area contributed by atoms with Crippen LogP contribution in [0.5, 0.6) is 5.75 Å². The van der Waals surface area contributed by atoms with Gasteiger partial charge >= 0.3 is 0 Å². The second kappa shape index (κ2) is 13.1. The summed E-state index contributed by atoms with van der Waals surface area (Å²) in [4.78, 5) is 28.1. The molecule has 2 aromatic rings. The summed E-state index contributed by atoms with van der Waals surface area (Å²) in [5.41, 5.74) is 1.37. The number of sulfonamides is 1. The zero-order valence-electron chi connectivity index (χ0n) is 21.2. The quantitative estimate of drug-likeness (QED) is 0.453. The van der Waals surface area contributed by atoms with Gasteiger partial charge in [-0.1, -0.05) is 51.1 Å². The smallest absolute Gasteiger partial charge is 0.244 e. The van der Waals surface area contributed by atoms with Gasteiger partial charge in [0.05, 0.1) is 19.1 Å². The van der Waals surface area contributed by atoms with Crippen LogP contribution in [0.25, 0.3) is 0 Å². The van der Waals surface area contributed by atoms with E-state index < -0.39 is 28.5 Å². The molecule has 0 saturated carbocycles. The van der Waals surface area contributed by atoms with Crippen molar-refractivity contribution >= 4 is 27.5 Å². The molecule has 0 aliphatic rings. The molecule has 1 unspecified atom stereocenters. The fourth-order valence-corrected chi connectivity index (χ4v) is 4.53. The molecule has 8 nitrogen and oxygen atoms in total. The van der Waals surface area contributed by atoms with Gasteiger partial charge in [0.2, 0.25) is 21.8 Å².